The van der Waals surface area contributed by atoms with Crippen molar-refractivity contribution in [3.63, 3.8) is 0 Å². The van der Waals surface area contributed by atoms with Crippen molar-refractivity contribution in [1.29, 1.82) is 0 Å². The summed E-state index contributed by atoms with van der Waals surface area (Å²) in [6.07, 6.45) is 1.28. The second-order valence-corrected chi connectivity index (χ2v) is 8.56. The average Bonchev–Trinajstić information content (AvgIpc) is 2.68. The van der Waals surface area contributed by atoms with Crippen molar-refractivity contribution >= 4 is 23.3 Å². The number of carbonyl (C=O) groups excluding carboxylic acids is 2. The van der Waals surface area contributed by atoms with Crippen LogP contribution in [-0.2, 0) is 0 Å². The number of rotatable bonds is 6. The second-order valence-electron chi connectivity index (χ2n) is 8.56. The lowest BCUT2D eigenvalue weighted by Gasteiger charge is -2.36. The van der Waals surface area contributed by atoms with Crippen LogP contribution in [-0.4, -0.2) is 42.5 Å². The summed E-state index contributed by atoms with van der Waals surface area (Å²) in [6, 6.07) is 15.9. The molecule has 0 aliphatic carbocycles. The molecule has 1 fully saturated rings. The van der Waals surface area contributed by atoms with Crippen LogP contribution in [0.2, 0.25) is 0 Å². The van der Waals surface area contributed by atoms with Gasteiger partial charge in [0.05, 0.1) is 0 Å². The maximum absolute atomic E-state index is 12.6. The van der Waals surface area contributed by atoms with E-state index in [1.54, 1.807) is 24.3 Å². The molecule has 0 spiro atoms. The van der Waals surface area contributed by atoms with Gasteiger partial charge in [-0.05, 0) is 61.6 Å². The summed E-state index contributed by atoms with van der Waals surface area (Å²) >= 11 is 0. The number of hydrogen-bond acceptors (Lipinski definition) is 3. The Bertz CT molecular complexity index is 828. The van der Waals surface area contributed by atoms with Gasteiger partial charge < -0.3 is 20.9 Å². The summed E-state index contributed by atoms with van der Waals surface area (Å²) < 4.78 is 0. The molecule has 3 unspecified atom stereocenters. The van der Waals surface area contributed by atoms with Gasteiger partial charge in [-0.3, -0.25) is 4.79 Å². The molecule has 1 aliphatic rings. The van der Waals surface area contributed by atoms with Crippen LogP contribution in [0.25, 0.3) is 0 Å². The van der Waals surface area contributed by atoms with Crippen molar-refractivity contribution < 1.29 is 9.59 Å². The summed E-state index contributed by atoms with van der Waals surface area (Å²) in [5.41, 5.74) is 1.93. The number of nitrogens with one attached hydrogen (secondary N) is 3. The van der Waals surface area contributed by atoms with Crippen molar-refractivity contribution in [2.75, 3.05) is 30.3 Å². The number of likely N-dealkylation sites (tertiary alicyclic amines) is 1. The van der Waals surface area contributed by atoms with Crippen molar-refractivity contribution in [2.45, 2.75) is 33.2 Å². The maximum Gasteiger partial charge on any atom is 0.323 e. The Labute approximate surface area is 179 Å². The fourth-order valence-corrected chi connectivity index (χ4v) is 4.20. The lowest BCUT2D eigenvalue weighted by molar-refractivity contribution is 0.0905. The molecule has 2 aromatic carbocycles. The summed E-state index contributed by atoms with van der Waals surface area (Å²) in [5, 5.41) is 8.62. The zero-order chi connectivity index (χ0) is 21.5. The number of para-hydroxylation sites is 1. The molecule has 0 aromatic heterocycles. The van der Waals surface area contributed by atoms with Gasteiger partial charge in [0.2, 0.25) is 0 Å². The quantitative estimate of drug-likeness (QED) is 0.662. The molecular weight excluding hydrogens is 376 g/mol. The van der Waals surface area contributed by atoms with Gasteiger partial charge in [0.25, 0.3) is 5.91 Å². The second kappa shape index (κ2) is 10.3. The first-order valence-corrected chi connectivity index (χ1v) is 10.7. The topological polar surface area (TPSA) is 73.5 Å². The smallest absolute Gasteiger partial charge is 0.323 e. The first-order valence-electron chi connectivity index (χ1n) is 10.7. The third-order valence-electron chi connectivity index (χ3n) is 5.29. The van der Waals surface area contributed by atoms with E-state index in [1.165, 1.54) is 6.42 Å². The highest BCUT2D eigenvalue weighted by Gasteiger charge is 2.23. The molecule has 0 saturated carbocycles. The van der Waals surface area contributed by atoms with Gasteiger partial charge in [-0.15, -0.1) is 0 Å². The number of amides is 3. The molecular formula is C24H32N4O2. The molecule has 1 saturated heterocycles. The van der Waals surface area contributed by atoms with E-state index >= 15 is 0 Å². The van der Waals surface area contributed by atoms with E-state index in [4.69, 9.17) is 0 Å². The van der Waals surface area contributed by atoms with Gasteiger partial charge in [-0.25, -0.2) is 4.79 Å². The van der Waals surface area contributed by atoms with Crippen LogP contribution in [0.4, 0.5) is 16.2 Å². The van der Waals surface area contributed by atoms with Crippen molar-refractivity contribution in [3.05, 3.63) is 60.2 Å². The molecule has 6 nitrogen and oxygen atoms in total. The Morgan fingerprint density at radius 2 is 1.50 bits per heavy atom. The monoisotopic (exact) mass is 408 g/mol. The van der Waals surface area contributed by atoms with Crippen LogP contribution in [0, 0.1) is 11.8 Å². The first kappa shape index (κ1) is 21.8. The minimum Gasteiger partial charge on any atom is -0.348 e. The molecule has 3 rings (SSSR count). The van der Waals surface area contributed by atoms with Crippen LogP contribution in [0.15, 0.2) is 54.6 Å². The summed E-state index contributed by atoms with van der Waals surface area (Å²) in [5.74, 6) is 1.31. The number of carbonyl (C=O) groups is 2. The SMILES string of the molecule is CC1CC(C)CN(CC(C)NC(=O)c2ccc(NC(=O)Nc3ccccc3)cc2)C1. The fraction of sp³-hybridized carbons (Fsp3) is 0.417. The lowest BCUT2D eigenvalue weighted by Crippen LogP contribution is -2.47. The molecule has 1 heterocycles. The fourth-order valence-electron chi connectivity index (χ4n) is 4.20. The Kier molecular flexibility index (Phi) is 7.46. The molecule has 2 aromatic rings. The lowest BCUT2D eigenvalue weighted by atomic mass is 9.92. The maximum atomic E-state index is 12.6. The Morgan fingerprint density at radius 3 is 2.10 bits per heavy atom. The third-order valence-corrected chi connectivity index (χ3v) is 5.29. The summed E-state index contributed by atoms with van der Waals surface area (Å²) in [7, 11) is 0. The molecule has 30 heavy (non-hydrogen) atoms. The van der Waals surface area contributed by atoms with E-state index in [0.29, 0.717) is 23.1 Å². The normalized spacial score (nSPS) is 20.2. The van der Waals surface area contributed by atoms with Crippen molar-refractivity contribution in [1.82, 2.24) is 10.2 Å². The van der Waals surface area contributed by atoms with Crippen molar-refractivity contribution in [2.24, 2.45) is 11.8 Å². The van der Waals surface area contributed by atoms with Gasteiger partial charge in [0.15, 0.2) is 0 Å². The largest absolute Gasteiger partial charge is 0.348 e. The van der Waals surface area contributed by atoms with Gasteiger partial charge in [0.1, 0.15) is 0 Å². The van der Waals surface area contributed by atoms with E-state index in [2.05, 4.69) is 34.7 Å². The molecule has 3 atom stereocenters. The Morgan fingerprint density at radius 1 is 0.933 bits per heavy atom. The van der Waals surface area contributed by atoms with Crippen LogP contribution in [0.5, 0.6) is 0 Å². The average molecular weight is 409 g/mol. The van der Waals surface area contributed by atoms with E-state index in [-0.39, 0.29) is 18.0 Å². The van der Waals surface area contributed by atoms with Gasteiger partial charge >= 0.3 is 6.03 Å². The molecule has 3 N–H and O–H groups in total. The summed E-state index contributed by atoms with van der Waals surface area (Å²) in [4.78, 5) is 27.1. The predicted molar refractivity (Wildman–Crippen MR) is 122 cm³/mol. The van der Waals surface area contributed by atoms with E-state index in [0.717, 1.165) is 25.3 Å². The number of hydrogen-bond donors (Lipinski definition) is 3. The standard InChI is InChI=1S/C24H32N4O2/c1-17-13-18(2)15-28(14-17)16-19(3)25-23(29)20-9-11-22(12-10-20)27-24(30)26-21-7-5-4-6-8-21/h4-12,17-19H,13-16H2,1-3H3,(H,25,29)(H2,26,27,30). The highest BCUT2D eigenvalue weighted by atomic mass is 16.2. The first-order chi connectivity index (χ1) is 14.4. The van der Waals surface area contributed by atoms with Crippen LogP contribution in [0.1, 0.15) is 37.6 Å². The zero-order valence-electron chi connectivity index (χ0n) is 18.0. The van der Waals surface area contributed by atoms with Crippen molar-refractivity contribution in [3.8, 4) is 0 Å². The van der Waals surface area contributed by atoms with Gasteiger partial charge in [-0.1, -0.05) is 32.0 Å². The molecule has 160 valence electrons. The highest BCUT2D eigenvalue weighted by Crippen LogP contribution is 2.21. The Balaban J connectivity index is 1.47. The minimum atomic E-state index is -0.322. The zero-order valence-corrected chi connectivity index (χ0v) is 18.0. The minimum absolute atomic E-state index is 0.0736. The number of piperidine rings is 1. The predicted octanol–water partition coefficient (Wildman–Crippen LogP) is 4.43. The van der Waals surface area contributed by atoms with E-state index < -0.39 is 0 Å². The van der Waals surface area contributed by atoms with Crippen LogP contribution < -0.4 is 16.0 Å². The third kappa shape index (κ3) is 6.59. The Hall–Kier alpha value is -2.86. The molecule has 0 radical (unpaired) electrons. The van der Waals surface area contributed by atoms with Crippen LogP contribution in [0.3, 0.4) is 0 Å². The number of anilines is 2. The highest BCUT2D eigenvalue weighted by molar-refractivity contribution is 6.00. The van der Waals surface area contributed by atoms with E-state index in [1.807, 2.05) is 37.3 Å². The van der Waals surface area contributed by atoms with E-state index in [9.17, 15) is 9.59 Å². The number of nitrogens with zero attached hydrogens (tertiary/aromatic N) is 1. The number of urea groups is 1. The molecule has 1 aliphatic heterocycles. The molecule has 0 bridgehead atoms. The van der Waals surface area contributed by atoms with Gasteiger partial charge in [-0.2, -0.15) is 0 Å². The molecule has 3 amide bonds. The van der Waals surface area contributed by atoms with Gasteiger partial charge in [0, 0.05) is 42.6 Å². The summed E-state index contributed by atoms with van der Waals surface area (Å²) in [6.45, 7) is 9.68. The number of benzene rings is 2. The molecule has 6 heteroatoms. The van der Waals surface area contributed by atoms with Crippen LogP contribution >= 0.6 is 0 Å².